The van der Waals surface area contributed by atoms with E-state index in [1.165, 1.54) is 103 Å². The fraction of sp³-hybridized carbons (Fsp3) is 1.00. The van der Waals surface area contributed by atoms with Gasteiger partial charge in [-0.15, -0.1) is 0 Å². The van der Waals surface area contributed by atoms with E-state index in [2.05, 4.69) is 20.8 Å². The highest BCUT2D eigenvalue weighted by atomic mass is 16.3. The summed E-state index contributed by atoms with van der Waals surface area (Å²) in [5.41, 5.74) is 4.78. The van der Waals surface area contributed by atoms with Crippen LogP contribution in [0, 0.1) is 5.92 Å². The van der Waals surface area contributed by atoms with Crippen LogP contribution in [0.15, 0.2) is 0 Å². The number of hydrogen-bond donors (Lipinski definition) is 2. The van der Waals surface area contributed by atoms with Gasteiger partial charge >= 0.3 is 0 Å². The lowest BCUT2D eigenvalue weighted by atomic mass is 10.0. The maximum atomic E-state index is 7.75. The molecule has 0 aliphatic rings. The molecule has 0 spiro atoms. The van der Waals surface area contributed by atoms with Gasteiger partial charge in [0.15, 0.2) is 0 Å². The van der Waals surface area contributed by atoms with Crippen molar-refractivity contribution in [2.45, 2.75) is 124 Å². The Morgan fingerprint density at radius 1 is 0.625 bits per heavy atom. The molecule has 0 radical (unpaired) electrons. The summed E-state index contributed by atoms with van der Waals surface area (Å²) in [5, 5.41) is 7.75. The molecule has 2 heteroatoms. The van der Waals surface area contributed by atoms with Crippen molar-refractivity contribution in [2.75, 3.05) is 13.2 Å². The zero-order chi connectivity index (χ0) is 18.3. The van der Waals surface area contributed by atoms with Crippen LogP contribution in [0.5, 0.6) is 0 Å². The molecule has 2 nitrogen and oxygen atoms in total. The van der Waals surface area contributed by atoms with Gasteiger partial charge in [-0.2, -0.15) is 0 Å². The molecule has 0 aromatic heterocycles. The molecule has 0 amide bonds. The smallest absolute Gasteiger partial charge is 0.0553 e. The summed E-state index contributed by atoms with van der Waals surface area (Å²) in [7, 11) is 0. The number of aliphatic hydroxyl groups excluding tert-OH is 1. The van der Waals surface area contributed by atoms with Crippen molar-refractivity contribution in [3.63, 3.8) is 0 Å². The summed E-state index contributed by atoms with van der Waals surface area (Å²) in [4.78, 5) is 0. The van der Waals surface area contributed by atoms with E-state index in [1.807, 2.05) is 0 Å². The first-order valence-electron chi connectivity index (χ1n) is 11.0. The molecule has 0 aliphatic heterocycles. The highest BCUT2D eigenvalue weighted by molar-refractivity contribution is 4.50. The molecule has 0 fully saturated rings. The molecule has 0 atom stereocenters. The molecule has 0 saturated heterocycles. The van der Waals surface area contributed by atoms with Gasteiger partial charge in [0.2, 0.25) is 0 Å². The van der Waals surface area contributed by atoms with Gasteiger partial charge in [-0.3, -0.25) is 0 Å². The Labute approximate surface area is 154 Å². The topological polar surface area (TPSA) is 46.2 Å². The highest BCUT2D eigenvalue weighted by Crippen LogP contribution is 2.14. The summed E-state index contributed by atoms with van der Waals surface area (Å²) >= 11 is 0. The van der Waals surface area contributed by atoms with Crippen LogP contribution >= 0.6 is 0 Å². The predicted molar refractivity (Wildman–Crippen MR) is 111 cm³/mol. The van der Waals surface area contributed by atoms with Gasteiger partial charge in [-0.05, 0) is 5.92 Å². The lowest BCUT2D eigenvalue weighted by Crippen LogP contribution is -2.02. The molecular weight excluding hydrogens is 294 g/mol. The van der Waals surface area contributed by atoms with Crippen molar-refractivity contribution in [1.29, 1.82) is 0 Å². The molecule has 0 heterocycles. The van der Waals surface area contributed by atoms with Crippen molar-refractivity contribution in [2.24, 2.45) is 11.7 Å². The SMILES string of the molecule is CCCCCCCCCCCCCCCCCC(C)C.NCCO. The molecule has 0 unspecified atom stereocenters. The van der Waals surface area contributed by atoms with Gasteiger partial charge in [0, 0.05) is 6.54 Å². The summed E-state index contributed by atoms with van der Waals surface area (Å²) < 4.78 is 0. The van der Waals surface area contributed by atoms with Gasteiger partial charge < -0.3 is 10.8 Å². The fourth-order valence-electron chi connectivity index (χ4n) is 2.92. The zero-order valence-electron chi connectivity index (χ0n) is 17.3. The van der Waals surface area contributed by atoms with E-state index in [9.17, 15) is 0 Å². The third-order valence-corrected chi connectivity index (χ3v) is 4.51. The lowest BCUT2D eigenvalue weighted by Gasteiger charge is -2.05. The molecule has 0 bridgehead atoms. The van der Waals surface area contributed by atoms with Gasteiger partial charge in [-0.25, -0.2) is 0 Å². The van der Waals surface area contributed by atoms with Crippen molar-refractivity contribution >= 4 is 0 Å². The molecule has 148 valence electrons. The maximum Gasteiger partial charge on any atom is 0.0553 e. The first-order chi connectivity index (χ1) is 11.7. The summed E-state index contributed by atoms with van der Waals surface area (Å²) in [6.45, 7) is 7.44. The van der Waals surface area contributed by atoms with E-state index in [-0.39, 0.29) is 6.61 Å². The summed E-state index contributed by atoms with van der Waals surface area (Å²) in [6, 6.07) is 0. The van der Waals surface area contributed by atoms with E-state index >= 15 is 0 Å². The van der Waals surface area contributed by atoms with Crippen LogP contribution in [0.25, 0.3) is 0 Å². The van der Waals surface area contributed by atoms with Crippen LogP contribution < -0.4 is 5.73 Å². The van der Waals surface area contributed by atoms with Crippen molar-refractivity contribution < 1.29 is 5.11 Å². The Hall–Kier alpha value is -0.0800. The van der Waals surface area contributed by atoms with Crippen LogP contribution in [0.4, 0.5) is 0 Å². The Bertz CT molecular complexity index is 192. The Balaban J connectivity index is 0. The van der Waals surface area contributed by atoms with Crippen LogP contribution in [-0.4, -0.2) is 18.3 Å². The van der Waals surface area contributed by atoms with Crippen LogP contribution in [0.1, 0.15) is 124 Å². The maximum absolute atomic E-state index is 7.75. The second kappa shape index (κ2) is 25.2. The van der Waals surface area contributed by atoms with Gasteiger partial charge in [0.25, 0.3) is 0 Å². The van der Waals surface area contributed by atoms with E-state index < -0.39 is 0 Å². The molecule has 24 heavy (non-hydrogen) atoms. The largest absolute Gasteiger partial charge is 0.395 e. The normalized spacial score (nSPS) is 10.8. The first-order valence-corrected chi connectivity index (χ1v) is 11.0. The van der Waals surface area contributed by atoms with E-state index in [0.29, 0.717) is 6.54 Å². The number of nitrogens with two attached hydrogens (primary N) is 1. The van der Waals surface area contributed by atoms with Crippen molar-refractivity contribution in [3.05, 3.63) is 0 Å². The van der Waals surface area contributed by atoms with Crippen LogP contribution in [0.3, 0.4) is 0 Å². The molecule has 0 aromatic carbocycles. The summed E-state index contributed by atoms with van der Waals surface area (Å²) in [6.07, 6.45) is 23.5. The van der Waals surface area contributed by atoms with Gasteiger partial charge in [-0.1, -0.05) is 124 Å². The lowest BCUT2D eigenvalue weighted by molar-refractivity contribution is 0.306. The third kappa shape index (κ3) is 29.9. The average Bonchev–Trinajstić information content (AvgIpc) is 2.58. The fourth-order valence-corrected chi connectivity index (χ4v) is 2.92. The van der Waals surface area contributed by atoms with Crippen molar-refractivity contribution in [3.8, 4) is 0 Å². The predicted octanol–water partition coefficient (Wildman–Crippen LogP) is 6.84. The zero-order valence-corrected chi connectivity index (χ0v) is 17.3. The molecule has 0 saturated carbocycles. The third-order valence-electron chi connectivity index (χ3n) is 4.51. The second-order valence-corrected chi connectivity index (χ2v) is 7.64. The molecule has 0 aromatic rings. The molecular formula is C22H49NO. The molecule has 0 rings (SSSR count). The minimum atomic E-state index is 0.0972. The minimum absolute atomic E-state index is 0.0972. The standard InChI is InChI=1S/C20H42.C2H7NO/c1-4-5-6-7-8-9-10-11-12-13-14-15-16-17-18-19-20(2)3;3-1-2-4/h20H,4-19H2,1-3H3;4H,1-3H2. The van der Waals surface area contributed by atoms with E-state index in [0.717, 1.165) is 5.92 Å². The number of rotatable bonds is 17. The Kier molecular flexibility index (Phi) is 27.4. The number of hydrogen-bond acceptors (Lipinski definition) is 2. The Morgan fingerprint density at radius 3 is 1.17 bits per heavy atom. The highest BCUT2D eigenvalue weighted by Gasteiger charge is 1.95. The number of aliphatic hydroxyl groups is 1. The van der Waals surface area contributed by atoms with Gasteiger partial charge in [0.1, 0.15) is 0 Å². The molecule has 3 N–H and O–H groups in total. The average molecular weight is 344 g/mol. The van der Waals surface area contributed by atoms with E-state index in [1.54, 1.807) is 0 Å². The van der Waals surface area contributed by atoms with Crippen molar-refractivity contribution in [1.82, 2.24) is 0 Å². The Morgan fingerprint density at radius 2 is 0.917 bits per heavy atom. The summed E-state index contributed by atoms with van der Waals surface area (Å²) in [5.74, 6) is 0.900. The molecule has 0 aliphatic carbocycles. The number of unbranched alkanes of at least 4 members (excludes halogenated alkanes) is 14. The first kappa shape index (κ1) is 26.2. The minimum Gasteiger partial charge on any atom is -0.395 e. The van der Waals surface area contributed by atoms with Crippen LogP contribution in [0.2, 0.25) is 0 Å². The monoisotopic (exact) mass is 343 g/mol. The van der Waals surface area contributed by atoms with E-state index in [4.69, 9.17) is 10.8 Å². The van der Waals surface area contributed by atoms with Crippen LogP contribution in [-0.2, 0) is 0 Å². The second-order valence-electron chi connectivity index (χ2n) is 7.64. The van der Waals surface area contributed by atoms with Gasteiger partial charge in [0.05, 0.1) is 6.61 Å². The quantitative estimate of drug-likeness (QED) is 0.284.